The number of benzene rings is 3. The third kappa shape index (κ3) is 3.83. The van der Waals surface area contributed by atoms with E-state index in [1.807, 2.05) is 0 Å². The zero-order chi connectivity index (χ0) is 16.9. The van der Waals surface area contributed by atoms with Gasteiger partial charge in [-0.1, -0.05) is 91.9 Å². The van der Waals surface area contributed by atoms with Gasteiger partial charge in [0.2, 0.25) is 0 Å². The van der Waals surface area contributed by atoms with Crippen molar-refractivity contribution in [3.63, 3.8) is 0 Å². The minimum absolute atomic E-state index is 0.889. The van der Waals surface area contributed by atoms with Crippen LogP contribution in [-0.4, -0.2) is 0 Å². The molecule has 0 saturated heterocycles. The molecule has 3 aromatic carbocycles. The average Bonchev–Trinajstić information content (AvgIpc) is 2.63. The molecule has 0 amide bonds. The second-order valence-corrected chi connectivity index (χ2v) is 6.39. The normalized spacial score (nSPS) is 10.6. The van der Waals surface area contributed by atoms with E-state index < -0.39 is 0 Å². The first-order valence-corrected chi connectivity index (χ1v) is 8.59. The molecule has 0 saturated carbocycles. The molecule has 0 aliphatic rings. The molecule has 3 aromatic rings. The van der Waals surface area contributed by atoms with Crippen LogP contribution in [0, 0.1) is 6.92 Å². The first-order valence-electron chi connectivity index (χ1n) is 8.59. The summed E-state index contributed by atoms with van der Waals surface area (Å²) in [7, 11) is 0. The summed E-state index contributed by atoms with van der Waals surface area (Å²) in [5, 5.41) is 0. The van der Waals surface area contributed by atoms with Gasteiger partial charge in [-0.25, -0.2) is 0 Å². The molecule has 0 aliphatic heterocycles. The maximum absolute atomic E-state index is 4.27. The Morgan fingerprint density at radius 2 is 1.21 bits per heavy atom. The molecule has 0 nitrogen and oxygen atoms in total. The number of allylic oxidation sites excluding steroid dienone is 1. The summed E-state index contributed by atoms with van der Waals surface area (Å²) in [5.41, 5.74) is 8.89. The summed E-state index contributed by atoms with van der Waals surface area (Å²) in [6.45, 7) is 8.56. The number of hydrogen-bond acceptors (Lipinski definition) is 0. The predicted molar refractivity (Wildman–Crippen MR) is 105 cm³/mol. The van der Waals surface area contributed by atoms with Crippen LogP contribution in [0.5, 0.6) is 0 Å². The summed E-state index contributed by atoms with van der Waals surface area (Å²) < 4.78 is 0. The van der Waals surface area contributed by atoms with Crippen molar-refractivity contribution in [2.75, 3.05) is 0 Å². The highest BCUT2D eigenvalue weighted by atomic mass is 14.1. The molecule has 0 heterocycles. The average molecular weight is 312 g/mol. The maximum Gasteiger partial charge on any atom is -0.00257 e. The summed E-state index contributed by atoms with van der Waals surface area (Å²) in [6, 6.07) is 26.3. The minimum atomic E-state index is 0.889. The first kappa shape index (κ1) is 16.3. The van der Waals surface area contributed by atoms with Crippen molar-refractivity contribution in [2.24, 2.45) is 0 Å². The van der Waals surface area contributed by atoms with Crippen LogP contribution in [0.1, 0.15) is 29.2 Å². The van der Waals surface area contributed by atoms with Crippen molar-refractivity contribution in [1.82, 2.24) is 0 Å². The van der Waals surface area contributed by atoms with E-state index >= 15 is 0 Å². The summed E-state index contributed by atoms with van der Waals surface area (Å²) in [6.07, 6.45) is 1.97. The van der Waals surface area contributed by atoms with Gasteiger partial charge in [0.1, 0.15) is 0 Å². The van der Waals surface area contributed by atoms with E-state index in [-0.39, 0.29) is 0 Å². The van der Waals surface area contributed by atoms with Crippen LogP contribution in [0.3, 0.4) is 0 Å². The van der Waals surface area contributed by atoms with Gasteiger partial charge in [-0.3, -0.25) is 0 Å². The molecule has 0 aromatic heterocycles. The van der Waals surface area contributed by atoms with Gasteiger partial charge in [0, 0.05) is 0 Å². The number of rotatable bonds is 5. The fourth-order valence-electron chi connectivity index (χ4n) is 2.89. The molecule has 24 heavy (non-hydrogen) atoms. The number of aryl methyl sites for hydroxylation is 2. The largest absolute Gasteiger partial charge is 0.0949 e. The lowest BCUT2D eigenvalue weighted by Gasteiger charge is -2.09. The zero-order valence-corrected chi connectivity index (χ0v) is 14.5. The van der Waals surface area contributed by atoms with Gasteiger partial charge in [-0.2, -0.15) is 0 Å². The highest BCUT2D eigenvalue weighted by molar-refractivity contribution is 5.68. The van der Waals surface area contributed by atoms with Crippen LogP contribution < -0.4 is 0 Å². The minimum Gasteiger partial charge on any atom is -0.0949 e. The van der Waals surface area contributed by atoms with Crippen LogP contribution >= 0.6 is 0 Å². The molecule has 0 radical (unpaired) electrons. The number of hydrogen-bond donors (Lipinski definition) is 0. The van der Waals surface area contributed by atoms with Crippen molar-refractivity contribution >= 4 is 5.57 Å². The maximum atomic E-state index is 4.27. The van der Waals surface area contributed by atoms with Crippen molar-refractivity contribution in [1.29, 1.82) is 0 Å². The van der Waals surface area contributed by atoms with Crippen molar-refractivity contribution in [3.05, 3.63) is 102 Å². The van der Waals surface area contributed by atoms with E-state index in [0.717, 1.165) is 12.8 Å². The van der Waals surface area contributed by atoms with Crippen LogP contribution in [0.2, 0.25) is 0 Å². The van der Waals surface area contributed by atoms with Crippen LogP contribution in [0.15, 0.2) is 79.4 Å². The highest BCUT2D eigenvalue weighted by Gasteiger charge is 2.03. The highest BCUT2D eigenvalue weighted by Crippen LogP contribution is 2.23. The van der Waals surface area contributed by atoms with Gasteiger partial charge in [-0.05, 0) is 53.2 Å². The fraction of sp³-hybridized carbons (Fsp3) is 0.167. The molecule has 0 bridgehead atoms. The van der Waals surface area contributed by atoms with Gasteiger partial charge in [0.25, 0.3) is 0 Å². The van der Waals surface area contributed by atoms with E-state index in [0.29, 0.717) is 0 Å². The molecular weight excluding hydrogens is 288 g/mol. The molecule has 3 rings (SSSR count). The van der Waals surface area contributed by atoms with Gasteiger partial charge in [0.15, 0.2) is 0 Å². The van der Waals surface area contributed by atoms with Crippen molar-refractivity contribution in [3.8, 4) is 11.1 Å². The molecule has 0 spiro atoms. The van der Waals surface area contributed by atoms with Gasteiger partial charge >= 0.3 is 0 Å². The monoisotopic (exact) mass is 312 g/mol. The third-order valence-corrected chi connectivity index (χ3v) is 4.53. The SMILES string of the molecule is C=C(Cc1ccc(-c2ccc(C)cc2)cc1)c1ccc(CC)cc1. The van der Waals surface area contributed by atoms with E-state index in [2.05, 4.69) is 93.2 Å². The lowest BCUT2D eigenvalue weighted by Crippen LogP contribution is -1.91. The lowest BCUT2D eigenvalue weighted by molar-refractivity contribution is 1.14. The Hall–Kier alpha value is -2.60. The van der Waals surface area contributed by atoms with E-state index in [1.165, 1.54) is 39.0 Å². The molecule has 0 heteroatoms. The lowest BCUT2D eigenvalue weighted by atomic mass is 9.96. The topological polar surface area (TPSA) is 0 Å². The predicted octanol–water partition coefficient (Wildman–Crippen LogP) is 6.48. The molecular formula is C24H24. The Morgan fingerprint density at radius 3 is 1.75 bits per heavy atom. The van der Waals surface area contributed by atoms with Crippen LogP contribution in [-0.2, 0) is 12.8 Å². The summed E-state index contributed by atoms with van der Waals surface area (Å²) >= 11 is 0. The molecule has 120 valence electrons. The Morgan fingerprint density at radius 1 is 0.708 bits per heavy atom. The summed E-state index contributed by atoms with van der Waals surface area (Å²) in [4.78, 5) is 0. The Bertz CT molecular complexity index is 803. The molecule has 0 unspecified atom stereocenters. The molecule has 0 aliphatic carbocycles. The molecule has 0 fully saturated rings. The Kier molecular flexibility index (Phi) is 4.96. The third-order valence-electron chi connectivity index (χ3n) is 4.53. The van der Waals surface area contributed by atoms with Gasteiger partial charge in [-0.15, -0.1) is 0 Å². The van der Waals surface area contributed by atoms with Gasteiger partial charge in [0.05, 0.1) is 0 Å². The van der Waals surface area contributed by atoms with Crippen molar-refractivity contribution in [2.45, 2.75) is 26.7 Å². The quantitative estimate of drug-likeness (QED) is 0.506. The zero-order valence-electron chi connectivity index (χ0n) is 14.5. The molecule has 0 atom stereocenters. The Balaban J connectivity index is 1.71. The second-order valence-electron chi connectivity index (χ2n) is 6.39. The fourth-order valence-corrected chi connectivity index (χ4v) is 2.89. The van der Waals surface area contributed by atoms with E-state index in [1.54, 1.807) is 0 Å². The summed E-state index contributed by atoms with van der Waals surface area (Å²) in [5.74, 6) is 0. The second kappa shape index (κ2) is 7.31. The van der Waals surface area contributed by atoms with E-state index in [4.69, 9.17) is 0 Å². The van der Waals surface area contributed by atoms with Crippen molar-refractivity contribution < 1.29 is 0 Å². The van der Waals surface area contributed by atoms with Gasteiger partial charge < -0.3 is 0 Å². The Labute approximate surface area is 145 Å². The molecule has 0 N–H and O–H groups in total. The standard InChI is InChI=1S/C24H24/c1-4-20-7-13-22(14-8-20)19(3)17-21-9-15-24(16-10-21)23-11-5-18(2)6-12-23/h5-16H,3-4,17H2,1-2H3. The van der Waals surface area contributed by atoms with E-state index in [9.17, 15) is 0 Å². The smallest absolute Gasteiger partial charge is 0.00257 e. The first-order chi connectivity index (χ1) is 11.7. The van der Waals surface area contributed by atoms with Crippen LogP contribution in [0.4, 0.5) is 0 Å². The van der Waals surface area contributed by atoms with Crippen LogP contribution in [0.25, 0.3) is 16.7 Å².